The Morgan fingerprint density at radius 1 is 1.23 bits per heavy atom. The molecule has 7 heteroatoms. The van der Waals surface area contributed by atoms with E-state index >= 15 is 0 Å². The van der Waals surface area contributed by atoms with Crippen LogP contribution < -0.4 is 10.6 Å². The lowest BCUT2D eigenvalue weighted by Gasteiger charge is -2.35. The van der Waals surface area contributed by atoms with E-state index in [4.69, 9.17) is 5.73 Å². The molecular weight excluding hydrogens is 344 g/mol. The lowest BCUT2D eigenvalue weighted by Crippen LogP contribution is -2.51. The number of nitrogens with zero attached hydrogens (tertiary/aromatic N) is 5. The van der Waals surface area contributed by atoms with Crippen molar-refractivity contribution in [2.24, 2.45) is 10.7 Å². The number of thiazole rings is 1. The first-order valence-electron chi connectivity index (χ1n) is 9.14. The molecule has 2 N–H and O–H groups in total. The molecule has 1 aromatic carbocycles. The van der Waals surface area contributed by atoms with E-state index in [1.54, 1.807) is 11.3 Å². The van der Waals surface area contributed by atoms with E-state index < -0.39 is 0 Å². The van der Waals surface area contributed by atoms with Crippen LogP contribution in [0.3, 0.4) is 0 Å². The fraction of sp³-hybridized carbons (Fsp3) is 0.474. The maximum Gasteiger partial charge on any atom is 0.191 e. The van der Waals surface area contributed by atoms with E-state index in [0.717, 1.165) is 57.4 Å². The Morgan fingerprint density at radius 2 is 2.00 bits per heavy atom. The molecule has 1 saturated heterocycles. The third-order valence-corrected chi connectivity index (χ3v) is 5.39. The minimum atomic E-state index is 0.675. The minimum absolute atomic E-state index is 0.675. The highest BCUT2D eigenvalue weighted by Gasteiger charge is 2.19. The van der Waals surface area contributed by atoms with Crippen molar-refractivity contribution in [2.75, 3.05) is 51.2 Å². The van der Waals surface area contributed by atoms with Crippen molar-refractivity contribution in [3.05, 3.63) is 47.5 Å². The van der Waals surface area contributed by atoms with Crippen molar-refractivity contribution in [1.29, 1.82) is 0 Å². The Kier molecular flexibility index (Phi) is 6.85. The second-order valence-corrected chi connectivity index (χ2v) is 7.48. The SMILES string of the molecule is CN(CCCN=C(N)N1CCN(c2nccs2)CC1)Cc1ccccc1. The van der Waals surface area contributed by atoms with Crippen LogP contribution in [-0.4, -0.2) is 67.1 Å². The summed E-state index contributed by atoms with van der Waals surface area (Å²) in [5.41, 5.74) is 7.53. The van der Waals surface area contributed by atoms with Gasteiger partial charge >= 0.3 is 0 Å². The zero-order valence-electron chi connectivity index (χ0n) is 15.4. The summed E-state index contributed by atoms with van der Waals surface area (Å²) in [6, 6.07) is 10.6. The first kappa shape index (κ1) is 18.7. The number of guanidine groups is 1. The average molecular weight is 373 g/mol. The number of anilines is 1. The van der Waals surface area contributed by atoms with Gasteiger partial charge in [0.2, 0.25) is 0 Å². The molecular formula is C19H28N6S. The molecule has 2 aromatic rings. The largest absolute Gasteiger partial charge is 0.370 e. The van der Waals surface area contributed by atoms with E-state index in [-0.39, 0.29) is 0 Å². The summed E-state index contributed by atoms with van der Waals surface area (Å²) in [5, 5.41) is 3.12. The number of benzene rings is 1. The topological polar surface area (TPSA) is 61.0 Å². The number of nitrogens with two attached hydrogens (primary N) is 1. The third kappa shape index (κ3) is 5.44. The number of aromatic nitrogens is 1. The van der Waals surface area contributed by atoms with E-state index in [1.165, 1.54) is 5.56 Å². The summed E-state index contributed by atoms with van der Waals surface area (Å²) in [6.07, 6.45) is 2.88. The lowest BCUT2D eigenvalue weighted by atomic mass is 10.2. The highest BCUT2D eigenvalue weighted by molar-refractivity contribution is 7.13. The molecule has 6 nitrogen and oxygen atoms in total. The van der Waals surface area contributed by atoms with Crippen molar-refractivity contribution in [3.8, 4) is 0 Å². The van der Waals surface area contributed by atoms with Crippen LogP contribution in [0.4, 0.5) is 5.13 Å². The van der Waals surface area contributed by atoms with E-state index in [2.05, 4.69) is 62.1 Å². The smallest absolute Gasteiger partial charge is 0.191 e. The monoisotopic (exact) mass is 372 g/mol. The van der Waals surface area contributed by atoms with Gasteiger partial charge in [-0.3, -0.25) is 4.99 Å². The molecule has 1 aliphatic heterocycles. The Hall–Kier alpha value is -2.12. The maximum atomic E-state index is 6.18. The van der Waals surface area contributed by atoms with Crippen molar-refractivity contribution in [3.63, 3.8) is 0 Å². The predicted octanol–water partition coefficient (Wildman–Crippen LogP) is 2.10. The van der Waals surface area contributed by atoms with Gasteiger partial charge in [0.05, 0.1) is 0 Å². The van der Waals surface area contributed by atoms with Gasteiger partial charge in [0.15, 0.2) is 11.1 Å². The highest BCUT2D eigenvalue weighted by atomic mass is 32.1. The number of piperazine rings is 1. The van der Waals surface area contributed by atoms with Crippen LogP contribution in [0.15, 0.2) is 46.9 Å². The number of aliphatic imine (C=N–C) groups is 1. The minimum Gasteiger partial charge on any atom is -0.370 e. The van der Waals surface area contributed by atoms with Crippen LogP contribution in [0.2, 0.25) is 0 Å². The van der Waals surface area contributed by atoms with Crippen molar-refractivity contribution < 1.29 is 0 Å². The molecule has 1 aliphatic rings. The quantitative estimate of drug-likeness (QED) is 0.458. The van der Waals surface area contributed by atoms with Gasteiger partial charge in [-0.2, -0.15) is 0 Å². The van der Waals surface area contributed by atoms with Gasteiger partial charge in [-0.15, -0.1) is 11.3 Å². The van der Waals surface area contributed by atoms with Crippen molar-refractivity contribution in [2.45, 2.75) is 13.0 Å². The summed E-state index contributed by atoms with van der Waals surface area (Å²) in [4.78, 5) is 15.8. The molecule has 0 unspecified atom stereocenters. The summed E-state index contributed by atoms with van der Waals surface area (Å²) >= 11 is 1.69. The summed E-state index contributed by atoms with van der Waals surface area (Å²) in [5.74, 6) is 0.675. The molecule has 1 aromatic heterocycles. The van der Waals surface area contributed by atoms with Gasteiger partial charge in [0.25, 0.3) is 0 Å². The molecule has 0 atom stereocenters. The summed E-state index contributed by atoms with van der Waals surface area (Å²) < 4.78 is 0. The predicted molar refractivity (Wildman–Crippen MR) is 110 cm³/mol. The maximum absolute atomic E-state index is 6.18. The molecule has 0 spiro atoms. The average Bonchev–Trinajstić information content (AvgIpc) is 3.21. The summed E-state index contributed by atoms with van der Waals surface area (Å²) in [6.45, 7) is 6.47. The molecule has 2 heterocycles. The Morgan fingerprint density at radius 3 is 2.69 bits per heavy atom. The Balaban J connectivity index is 1.35. The van der Waals surface area contributed by atoms with E-state index in [9.17, 15) is 0 Å². The standard InChI is InChI=1S/C19H28N6S/c1-23(16-17-6-3-2-4-7-17)10-5-8-21-18(20)24-11-13-25(14-12-24)19-22-9-15-26-19/h2-4,6-7,9,15H,5,8,10-14,16H2,1H3,(H2,20,21). The fourth-order valence-corrected chi connectivity index (χ4v) is 3.80. The highest BCUT2D eigenvalue weighted by Crippen LogP contribution is 2.18. The second kappa shape index (κ2) is 9.54. The van der Waals surface area contributed by atoms with E-state index in [1.807, 2.05) is 11.6 Å². The van der Waals surface area contributed by atoms with Crippen LogP contribution in [-0.2, 0) is 6.54 Å². The Bertz CT molecular complexity index is 665. The van der Waals surface area contributed by atoms with Crippen LogP contribution in [0, 0.1) is 0 Å². The molecule has 0 aliphatic carbocycles. The van der Waals surface area contributed by atoms with Gasteiger partial charge in [0, 0.05) is 50.8 Å². The third-order valence-electron chi connectivity index (χ3n) is 4.56. The summed E-state index contributed by atoms with van der Waals surface area (Å²) in [7, 11) is 2.15. The molecule has 3 rings (SSSR count). The molecule has 0 saturated carbocycles. The fourth-order valence-electron chi connectivity index (χ4n) is 3.11. The second-order valence-electron chi connectivity index (χ2n) is 6.61. The zero-order valence-corrected chi connectivity index (χ0v) is 16.2. The zero-order chi connectivity index (χ0) is 18.2. The molecule has 1 fully saturated rings. The number of hydrogen-bond donors (Lipinski definition) is 1. The first-order valence-corrected chi connectivity index (χ1v) is 10.0. The van der Waals surface area contributed by atoms with Gasteiger partial charge in [-0.1, -0.05) is 30.3 Å². The molecule has 0 bridgehead atoms. The molecule has 140 valence electrons. The van der Waals surface area contributed by atoms with Gasteiger partial charge in [-0.05, 0) is 25.6 Å². The number of rotatable bonds is 7. The molecule has 26 heavy (non-hydrogen) atoms. The van der Waals surface area contributed by atoms with Crippen LogP contribution >= 0.6 is 11.3 Å². The van der Waals surface area contributed by atoms with Crippen molar-refractivity contribution >= 4 is 22.4 Å². The van der Waals surface area contributed by atoms with Crippen LogP contribution in [0.1, 0.15) is 12.0 Å². The van der Waals surface area contributed by atoms with E-state index in [0.29, 0.717) is 5.96 Å². The van der Waals surface area contributed by atoms with Crippen LogP contribution in [0.25, 0.3) is 0 Å². The number of hydrogen-bond acceptors (Lipinski definition) is 5. The van der Waals surface area contributed by atoms with Crippen LogP contribution in [0.5, 0.6) is 0 Å². The van der Waals surface area contributed by atoms with Gasteiger partial charge in [0.1, 0.15) is 0 Å². The molecule has 0 amide bonds. The lowest BCUT2D eigenvalue weighted by molar-refractivity contribution is 0.323. The van der Waals surface area contributed by atoms with Gasteiger partial charge in [-0.25, -0.2) is 4.98 Å². The normalized spacial score (nSPS) is 15.7. The first-order chi connectivity index (χ1) is 12.7. The Labute approximate surface area is 160 Å². The molecule has 0 radical (unpaired) electrons. The van der Waals surface area contributed by atoms with Crippen molar-refractivity contribution in [1.82, 2.24) is 14.8 Å². The van der Waals surface area contributed by atoms with Gasteiger partial charge < -0.3 is 20.4 Å².